The molecule has 0 radical (unpaired) electrons. The molecular weight excluding hydrogens is 320 g/mol. The Balaban J connectivity index is 1.97. The van der Waals surface area contributed by atoms with E-state index in [-0.39, 0.29) is 11.0 Å². The van der Waals surface area contributed by atoms with Gasteiger partial charge in [0.2, 0.25) is 0 Å². The van der Waals surface area contributed by atoms with Crippen LogP contribution in [0.25, 0.3) is 0 Å². The molecule has 1 aromatic carbocycles. The third-order valence-corrected chi connectivity index (χ3v) is 5.96. The Bertz CT molecular complexity index is 512. The summed E-state index contributed by atoms with van der Waals surface area (Å²) in [6.07, 6.45) is 4.61. The van der Waals surface area contributed by atoms with Crippen LogP contribution in [0, 0.1) is 0 Å². The third kappa shape index (κ3) is 6.07. The lowest BCUT2D eigenvalue weighted by atomic mass is 9.66. The first kappa shape index (κ1) is 21.4. The average Bonchev–Trinajstić information content (AvgIpc) is 2.62. The predicted octanol–water partition coefficient (Wildman–Crippen LogP) is 4.61. The van der Waals surface area contributed by atoms with Crippen molar-refractivity contribution >= 4 is 0 Å². The molecule has 0 bridgehead atoms. The van der Waals surface area contributed by atoms with Crippen molar-refractivity contribution in [3.05, 3.63) is 35.9 Å². The lowest BCUT2D eigenvalue weighted by molar-refractivity contribution is -0.0854. The number of benzene rings is 1. The highest BCUT2D eigenvalue weighted by atomic mass is 16.5. The maximum absolute atomic E-state index is 6.05. The molecule has 3 nitrogen and oxygen atoms in total. The van der Waals surface area contributed by atoms with E-state index < -0.39 is 0 Å². The molecule has 1 aromatic rings. The Morgan fingerprint density at radius 2 is 1.85 bits per heavy atom. The number of hydrogen-bond acceptors (Lipinski definition) is 3. The number of nitrogens with zero attached hydrogens (tertiary/aromatic N) is 1. The van der Waals surface area contributed by atoms with Gasteiger partial charge in [-0.05, 0) is 78.2 Å². The number of rotatable bonds is 10. The Morgan fingerprint density at radius 1 is 1.15 bits per heavy atom. The predicted molar refractivity (Wildman–Crippen MR) is 112 cm³/mol. The Kier molecular flexibility index (Phi) is 8.12. The molecule has 2 atom stereocenters. The molecule has 1 heterocycles. The molecule has 0 spiro atoms. The van der Waals surface area contributed by atoms with Gasteiger partial charge in [0, 0.05) is 18.1 Å². The monoisotopic (exact) mass is 360 g/mol. The zero-order valence-electron chi connectivity index (χ0n) is 17.7. The summed E-state index contributed by atoms with van der Waals surface area (Å²) in [5.74, 6) is 0. The topological polar surface area (TPSA) is 24.5 Å². The second-order valence-corrected chi connectivity index (χ2v) is 8.62. The summed E-state index contributed by atoms with van der Waals surface area (Å²) >= 11 is 0. The summed E-state index contributed by atoms with van der Waals surface area (Å²) in [5.41, 5.74) is 1.65. The molecule has 1 saturated heterocycles. The summed E-state index contributed by atoms with van der Waals surface area (Å²) < 4.78 is 6.05. The molecule has 3 heteroatoms. The molecule has 0 unspecified atom stereocenters. The van der Waals surface area contributed by atoms with Crippen LogP contribution < -0.4 is 5.32 Å². The van der Waals surface area contributed by atoms with Gasteiger partial charge in [0.15, 0.2) is 0 Å². The van der Waals surface area contributed by atoms with Crippen LogP contribution in [0.4, 0.5) is 0 Å². The molecule has 1 fully saturated rings. The summed E-state index contributed by atoms with van der Waals surface area (Å²) in [4.78, 5) is 2.50. The van der Waals surface area contributed by atoms with Gasteiger partial charge < -0.3 is 15.0 Å². The van der Waals surface area contributed by atoms with Crippen molar-refractivity contribution in [3.63, 3.8) is 0 Å². The second-order valence-electron chi connectivity index (χ2n) is 8.62. The largest absolute Gasteiger partial charge is 0.376 e. The van der Waals surface area contributed by atoms with E-state index in [0.29, 0.717) is 6.04 Å². The summed E-state index contributed by atoms with van der Waals surface area (Å²) in [6.45, 7) is 16.8. The standard InChI is InChI=1S/C23H40N2O/c1-6-25(7-2)16-11-15-24-20(3)18-23(21-12-9-8-10-13-21)14-17-26-22(4,5)19-23/h8-10,12-13,20,24H,6-7,11,14-19H2,1-5H3/t20-,23-/m1/s1. The molecule has 148 valence electrons. The van der Waals surface area contributed by atoms with E-state index in [9.17, 15) is 0 Å². The van der Waals surface area contributed by atoms with Gasteiger partial charge in [0.1, 0.15) is 0 Å². The minimum absolute atomic E-state index is 0.0451. The Hall–Kier alpha value is -0.900. The van der Waals surface area contributed by atoms with Crippen LogP contribution in [0.2, 0.25) is 0 Å². The normalized spacial score (nSPS) is 23.9. The van der Waals surface area contributed by atoms with Crippen molar-refractivity contribution in [2.24, 2.45) is 0 Å². The fraction of sp³-hybridized carbons (Fsp3) is 0.739. The van der Waals surface area contributed by atoms with Crippen molar-refractivity contribution in [1.82, 2.24) is 10.2 Å². The molecular formula is C23H40N2O. The fourth-order valence-corrected chi connectivity index (χ4v) is 4.66. The van der Waals surface area contributed by atoms with E-state index in [1.165, 1.54) is 24.9 Å². The zero-order valence-corrected chi connectivity index (χ0v) is 17.7. The van der Waals surface area contributed by atoms with Crippen molar-refractivity contribution in [3.8, 4) is 0 Å². The summed E-state index contributed by atoms with van der Waals surface area (Å²) in [7, 11) is 0. The van der Waals surface area contributed by atoms with Crippen molar-refractivity contribution < 1.29 is 4.74 Å². The van der Waals surface area contributed by atoms with E-state index in [2.05, 4.69) is 75.2 Å². The number of nitrogens with one attached hydrogen (secondary N) is 1. The van der Waals surface area contributed by atoms with Gasteiger partial charge in [-0.15, -0.1) is 0 Å². The summed E-state index contributed by atoms with van der Waals surface area (Å²) in [6, 6.07) is 11.6. The molecule has 2 rings (SSSR count). The van der Waals surface area contributed by atoms with Gasteiger partial charge in [0.05, 0.1) is 5.60 Å². The highest BCUT2D eigenvalue weighted by Gasteiger charge is 2.42. The van der Waals surface area contributed by atoms with Gasteiger partial charge in [-0.3, -0.25) is 0 Å². The van der Waals surface area contributed by atoms with Gasteiger partial charge in [-0.25, -0.2) is 0 Å². The molecule has 0 amide bonds. The van der Waals surface area contributed by atoms with Crippen molar-refractivity contribution in [1.29, 1.82) is 0 Å². The van der Waals surface area contributed by atoms with E-state index in [4.69, 9.17) is 4.74 Å². The van der Waals surface area contributed by atoms with Crippen LogP contribution in [0.5, 0.6) is 0 Å². The van der Waals surface area contributed by atoms with E-state index in [1.54, 1.807) is 0 Å². The maximum Gasteiger partial charge on any atom is 0.0635 e. The molecule has 0 aliphatic carbocycles. The minimum atomic E-state index is -0.0451. The quantitative estimate of drug-likeness (QED) is 0.617. The molecule has 1 aliphatic heterocycles. The molecule has 1 N–H and O–H groups in total. The molecule has 0 saturated carbocycles. The first-order chi connectivity index (χ1) is 12.4. The third-order valence-electron chi connectivity index (χ3n) is 5.96. The maximum atomic E-state index is 6.05. The molecule has 0 aromatic heterocycles. The molecule has 26 heavy (non-hydrogen) atoms. The fourth-order valence-electron chi connectivity index (χ4n) is 4.66. The van der Waals surface area contributed by atoms with Crippen LogP contribution >= 0.6 is 0 Å². The van der Waals surface area contributed by atoms with Crippen LogP contribution in [-0.2, 0) is 10.2 Å². The van der Waals surface area contributed by atoms with E-state index in [1.807, 2.05) is 0 Å². The lowest BCUT2D eigenvalue weighted by Gasteiger charge is -2.46. The summed E-state index contributed by atoms with van der Waals surface area (Å²) in [5, 5.41) is 3.79. The van der Waals surface area contributed by atoms with Gasteiger partial charge in [-0.1, -0.05) is 44.2 Å². The van der Waals surface area contributed by atoms with Crippen molar-refractivity contribution in [2.75, 3.05) is 32.8 Å². The smallest absolute Gasteiger partial charge is 0.0635 e. The Morgan fingerprint density at radius 3 is 2.46 bits per heavy atom. The SMILES string of the molecule is CCN(CC)CCCN[C@H](C)C[C@]1(c2ccccc2)CCOC(C)(C)C1. The minimum Gasteiger partial charge on any atom is -0.376 e. The number of hydrogen-bond donors (Lipinski definition) is 1. The Labute approximate surface area is 161 Å². The highest BCUT2D eigenvalue weighted by Crippen LogP contribution is 2.44. The van der Waals surface area contributed by atoms with Gasteiger partial charge >= 0.3 is 0 Å². The highest BCUT2D eigenvalue weighted by molar-refractivity contribution is 5.27. The number of ether oxygens (including phenoxy) is 1. The van der Waals surface area contributed by atoms with Gasteiger partial charge in [0.25, 0.3) is 0 Å². The van der Waals surface area contributed by atoms with Crippen LogP contribution in [0.15, 0.2) is 30.3 Å². The first-order valence-electron chi connectivity index (χ1n) is 10.6. The van der Waals surface area contributed by atoms with Crippen LogP contribution in [0.3, 0.4) is 0 Å². The second kappa shape index (κ2) is 9.87. The first-order valence-corrected chi connectivity index (χ1v) is 10.6. The average molecular weight is 361 g/mol. The lowest BCUT2D eigenvalue weighted by Crippen LogP contribution is -2.47. The van der Waals surface area contributed by atoms with Gasteiger partial charge in [-0.2, -0.15) is 0 Å². The van der Waals surface area contributed by atoms with Crippen LogP contribution in [-0.4, -0.2) is 49.3 Å². The van der Waals surface area contributed by atoms with Crippen LogP contribution in [0.1, 0.15) is 65.9 Å². The van der Waals surface area contributed by atoms with E-state index in [0.717, 1.165) is 39.1 Å². The molecule has 1 aliphatic rings. The zero-order chi connectivity index (χ0) is 19.0. The van der Waals surface area contributed by atoms with Crippen molar-refractivity contribution in [2.45, 2.75) is 77.4 Å². The van der Waals surface area contributed by atoms with E-state index >= 15 is 0 Å².